The van der Waals surface area contributed by atoms with Gasteiger partial charge in [-0.1, -0.05) is 51.1 Å². The van der Waals surface area contributed by atoms with Gasteiger partial charge in [-0.25, -0.2) is 9.97 Å². The summed E-state index contributed by atoms with van der Waals surface area (Å²) in [5, 5.41) is 15.8. The van der Waals surface area contributed by atoms with Gasteiger partial charge in [-0.05, 0) is 79.5 Å². The van der Waals surface area contributed by atoms with Crippen LogP contribution in [0, 0.1) is 12.3 Å². The summed E-state index contributed by atoms with van der Waals surface area (Å²) < 4.78 is 11.9. The molecule has 62 heavy (non-hydrogen) atoms. The SMILES string of the molecule is COc1cc(OC2CCN(CCC(=O)N[C@H](C(=O)N3CCC[C@H]3C(=O)NCc3ccc(-c4scnc4C)cc3)C(C)(C)C)CC2)ccc1NC(=O)c1cccc(-c2ccn[nH]2)n1. The minimum Gasteiger partial charge on any atom is -0.494 e. The Labute approximate surface area is 366 Å². The number of pyridine rings is 1. The molecule has 0 spiro atoms. The molecule has 2 fully saturated rings. The number of rotatable bonds is 15. The smallest absolute Gasteiger partial charge is 0.274 e. The maximum atomic E-state index is 14.1. The number of likely N-dealkylation sites (tertiary alicyclic amines) is 2. The van der Waals surface area contributed by atoms with Crippen molar-refractivity contribution in [3.63, 3.8) is 0 Å². The number of aromatic amines is 1. The third-order valence-corrected chi connectivity index (χ3v) is 12.3. The highest BCUT2D eigenvalue weighted by Crippen LogP contribution is 2.32. The van der Waals surface area contributed by atoms with Gasteiger partial charge in [-0.2, -0.15) is 5.10 Å². The average molecular weight is 862 g/mol. The molecule has 5 heterocycles. The summed E-state index contributed by atoms with van der Waals surface area (Å²) in [6.07, 6.45) is 4.65. The van der Waals surface area contributed by atoms with Gasteiger partial charge in [0, 0.05) is 51.4 Å². The first kappa shape index (κ1) is 43.9. The minimum absolute atomic E-state index is 0.0350. The number of carbonyl (C=O) groups excluding carboxylic acids is 4. The number of amides is 4. The zero-order chi connectivity index (χ0) is 43.8. The molecule has 326 valence electrons. The van der Waals surface area contributed by atoms with Crippen molar-refractivity contribution in [2.24, 2.45) is 5.41 Å². The molecule has 0 saturated carbocycles. The Morgan fingerprint density at radius 2 is 1.77 bits per heavy atom. The van der Waals surface area contributed by atoms with E-state index in [1.54, 1.807) is 64.9 Å². The van der Waals surface area contributed by atoms with Crippen LogP contribution >= 0.6 is 11.3 Å². The lowest BCUT2D eigenvalue weighted by Crippen LogP contribution is -2.57. The van der Waals surface area contributed by atoms with E-state index in [9.17, 15) is 19.2 Å². The molecule has 3 aromatic heterocycles. The van der Waals surface area contributed by atoms with Crippen LogP contribution in [0.5, 0.6) is 11.5 Å². The van der Waals surface area contributed by atoms with Gasteiger partial charge in [0.15, 0.2) is 0 Å². The highest BCUT2D eigenvalue weighted by molar-refractivity contribution is 7.13. The van der Waals surface area contributed by atoms with E-state index in [0.717, 1.165) is 54.0 Å². The first-order chi connectivity index (χ1) is 29.9. The molecule has 5 aromatic rings. The number of benzene rings is 2. The number of carbonyl (C=O) groups is 4. The largest absolute Gasteiger partial charge is 0.494 e. The van der Waals surface area contributed by atoms with Crippen LogP contribution in [0.25, 0.3) is 21.8 Å². The van der Waals surface area contributed by atoms with E-state index in [1.165, 1.54) is 7.11 Å². The van der Waals surface area contributed by atoms with E-state index in [2.05, 4.69) is 41.0 Å². The van der Waals surface area contributed by atoms with Crippen molar-refractivity contribution in [3.8, 4) is 33.3 Å². The van der Waals surface area contributed by atoms with Crippen molar-refractivity contribution in [1.29, 1.82) is 0 Å². The molecule has 2 atom stereocenters. The number of anilines is 1. The molecular formula is C46H55N9O6S. The van der Waals surface area contributed by atoms with Gasteiger partial charge in [0.1, 0.15) is 35.4 Å². The molecule has 0 aliphatic carbocycles. The number of nitrogens with zero attached hydrogens (tertiary/aromatic N) is 5. The van der Waals surface area contributed by atoms with Crippen molar-refractivity contribution in [1.82, 2.24) is 40.6 Å². The van der Waals surface area contributed by atoms with Crippen molar-refractivity contribution in [3.05, 3.63) is 95.4 Å². The summed E-state index contributed by atoms with van der Waals surface area (Å²) in [5.74, 6) is 0.0876. The number of piperidine rings is 1. The van der Waals surface area contributed by atoms with Gasteiger partial charge in [-0.3, -0.25) is 24.3 Å². The number of methoxy groups -OCH3 is 1. The van der Waals surface area contributed by atoms with Gasteiger partial charge in [0.2, 0.25) is 17.7 Å². The van der Waals surface area contributed by atoms with Gasteiger partial charge < -0.3 is 35.2 Å². The molecule has 2 saturated heterocycles. The van der Waals surface area contributed by atoms with Crippen molar-refractivity contribution < 1.29 is 28.7 Å². The predicted molar refractivity (Wildman–Crippen MR) is 238 cm³/mol. The molecule has 0 radical (unpaired) electrons. The number of aromatic nitrogens is 4. The predicted octanol–water partition coefficient (Wildman–Crippen LogP) is 6.24. The quantitative estimate of drug-likeness (QED) is 0.0941. The Morgan fingerprint density at radius 3 is 2.47 bits per heavy atom. The topological polar surface area (TPSA) is 184 Å². The third-order valence-electron chi connectivity index (χ3n) is 11.4. The Hall–Kier alpha value is -6.13. The first-order valence-corrected chi connectivity index (χ1v) is 22.0. The fraction of sp³-hybridized carbons (Fsp3) is 0.413. The Morgan fingerprint density at radius 1 is 0.984 bits per heavy atom. The third kappa shape index (κ3) is 10.8. The summed E-state index contributed by atoms with van der Waals surface area (Å²) in [7, 11) is 1.54. The number of hydrogen-bond acceptors (Lipinski definition) is 11. The van der Waals surface area contributed by atoms with E-state index in [0.29, 0.717) is 54.6 Å². The number of ether oxygens (including phenoxy) is 2. The summed E-state index contributed by atoms with van der Waals surface area (Å²) in [5.41, 5.74) is 6.37. The summed E-state index contributed by atoms with van der Waals surface area (Å²) in [6, 6.07) is 19.0. The lowest BCUT2D eigenvalue weighted by molar-refractivity contribution is -0.144. The highest BCUT2D eigenvalue weighted by Gasteiger charge is 2.42. The molecule has 0 bridgehead atoms. The zero-order valence-electron chi connectivity index (χ0n) is 35.9. The van der Waals surface area contributed by atoms with Crippen LogP contribution in [0.4, 0.5) is 5.69 Å². The highest BCUT2D eigenvalue weighted by atomic mass is 32.1. The Bertz CT molecular complexity index is 2330. The average Bonchev–Trinajstić information content (AvgIpc) is 4.08. The molecule has 2 aromatic carbocycles. The van der Waals surface area contributed by atoms with E-state index in [1.807, 2.05) is 57.5 Å². The van der Waals surface area contributed by atoms with Crippen LogP contribution < -0.4 is 25.4 Å². The van der Waals surface area contributed by atoms with Gasteiger partial charge in [0.25, 0.3) is 5.91 Å². The van der Waals surface area contributed by atoms with Crippen LogP contribution in [0.2, 0.25) is 0 Å². The summed E-state index contributed by atoms with van der Waals surface area (Å²) >= 11 is 1.60. The van der Waals surface area contributed by atoms with Crippen LogP contribution in [0.1, 0.15) is 74.6 Å². The lowest BCUT2D eigenvalue weighted by atomic mass is 9.85. The number of hydrogen-bond donors (Lipinski definition) is 4. The second-order valence-corrected chi connectivity index (χ2v) is 17.7. The van der Waals surface area contributed by atoms with Gasteiger partial charge >= 0.3 is 0 Å². The second kappa shape index (κ2) is 19.7. The number of thiazole rings is 1. The van der Waals surface area contributed by atoms with Crippen molar-refractivity contribution in [2.45, 2.75) is 84.5 Å². The number of nitrogens with one attached hydrogen (secondary N) is 4. The molecule has 16 heteroatoms. The minimum atomic E-state index is -0.780. The Kier molecular flexibility index (Phi) is 14.0. The maximum Gasteiger partial charge on any atom is 0.274 e. The van der Waals surface area contributed by atoms with E-state index in [-0.39, 0.29) is 41.8 Å². The van der Waals surface area contributed by atoms with Gasteiger partial charge in [0.05, 0.1) is 40.3 Å². The molecule has 7 rings (SSSR count). The van der Waals surface area contributed by atoms with Crippen LogP contribution in [-0.4, -0.2) is 105 Å². The van der Waals surface area contributed by atoms with E-state index >= 15 is 0 Å². The number of aryl methyl sites for hydroxylation is 1. The van der Waals surface area contributed by atoms with Crippen molar-refractivity contribution in [2.75, 3.05) is 38.6 Å². The number of H-pyrrole nitrogens is 1. The molecule has 4 N–H and O–H groups in total. The Balaban J connectivity index is 0.856. The normalized spacial score (nSPS) is 16.4. The molecular weight excluding hydrogens is 807 g/mol. The van der Waals surface area contributed by atoms with Crippen LogP contribution in [0.15, 0.2) is 78.4 Å². The monoisotopic (exact) mass is 861 g/mol. The summed E-state index contributed by atoms with van der Waals surface area (Å²) in [6.45, 7) is 10.7. The lowest BCUT2D eigenvalue weighted by Gasteiger charge is -2.36. The van der Waals surface area contributed by atoms with Crippen LogP contribution in [-0.2, 0) is 20.9 Å². The zero-order valence-corrected chi connectivity index (χ0v) is 36.7. The van der Waals surface area contributed by atoms with Gasteiger partial charge in [-0.15, -0.1) is 11.3 Å². The fourth-order valence-electron chi connectivity index (χ4n) is 7.86. The van der Waals surface area contributed by atoms with E-state index < -0.39 is 17.5 Å². The summed E-state index contributed by atoms with van der Waals surface area (Å²) in [4.78, 5) is 67.8. The van der Waals surface area contributed by atoms with Crippen LogP contribution in [0.3, 0.4) is 0 Å². The standard InChI is InChI=1S/C46H55N9O6S/c1-29-41(62-28-48-29)31-13-11-30(12-14-31)27-47-44(58)38-10-7-22-55(38)45(59)42(46(2,3)4)52-40(56)20-25-54-23-18-32(19-24-54)61-33-15-16-36(39(26-33)60-5)51-43(57)37-9-6-8-34(50-37)35-17-21-49-53-35/h6,8-9,11-17,21,26,28,32,38,42H,7,10,18-20,22-25,27H2,1-5H3,(H,47,58)(H,49,53)(H,51,57)(H,52,56)/t38-,42+/m0/s1. The molecule has 2 aliphatic heterocycles. The first-order valence-electron chi connectivity index (χ1n) is 21.1. The molecule has 0 unspecified atom stereocenters. The van der Waals surface area contributed by atoms with Crippen molar-refractivity contribution >= 4 is 40.7 Å². The van der Waals surface area contributed by atoms with E-state index in [4.69, 9.17) is 9.47 Å². The molecule has 4 amide bonds. The second-order valence-electron chi connectivity index (χ2n) is 16.8. The fourth-order valence-corrected chi connectivity index (χ4v) is 8.67. The molecule has 15 nitrogen and oxygen atoms in total. The molecule has 2 aliphatic rings. The maximum absolute atomic E-state index is 14.1.